The van der Waals surface area contributed by atoms with Gasteiger partial charge in [0.25, 0.3) is 5.91 Å². The zero-order valence-corrected chi connectivity index (χ0v) is 14.5. The molecule has 5 heteroatoms. The summed E-state index contributed by atoms with van der Waals surface area (Å²) in [5.41, 5.74) is 5.18. The maximum Gasteiger partial charge on any atom is 0.251 e. The van der Waals surface area contributed by atoms with Gasteiger partial charge in [-0.3, -0.25) is 9.59 Å². The first-order valence-corrected chi connectivity index (χ1v) is 7.85. The molecular weight excluding hydrogens is 302 g/mol. The molecule has 0 atom stereocenters. The first-order valence-electron chi connectivity index (χ1n) is 7.85. The second-order valence-electron chi connectivity index (χ2n) is 5.78. The number of hydrogen-bond acceptors (Lipinski definition) is 3. The summed E-state index contributed by atoms with van der Waals surface area (Å²) in [6.45, 7) is 5.97. The van der Waals surface area contributed by atoms with Crippen molar-refractivity contribution in [3.05, 3.63) is 58.7 Å². The van der Waals surface area contributed by atoms with Crippen molar-refractivity contribution in [1.82, 2.24) is 5.32 Å². The quantitative estimate of drug-likeness (QED) is 0.791. The van der Waals surface area contributed by atoms with Gasteiger partial charge >= 0.3 is 0 Å². The Morgan fingerprint density at radius 1 is 1.00 bits per heavy atom. The molecule has 0 aliphatic carbocycles. The van der Waals surface area contributed by atoms with E-state index in [4.69, 9.17) is 0 Å². The molecule has 2 rings (SSSR count). The highest BCUT2D eigenvalue weighted by Gasteiger charge is 2.11. The number of carbonyl (C=O) groups is 2. The fourth-order valence-electron chi connectivity index (χ4n) is 2.53. The number of rotatable bonds is 5. The molecule has 2 amide bonds. The van der Waals surface area contributed by atoms with E-state index < -0.39 is 0 Å². The molecule has 0 bridgehead atoms. The number of carbonyl (C=O) groups excluding carboxylic acids is 2. The molecule has 0 aliphatic heterocycles. The average molecular weight is 325 g/mol. The van der Waals surface area contributed by atoms with E-state index in [0.717, 1.165) is 28.1 Å². The largest absolute Gasteiger partial charge is 0.376 e. The molecule has 2 aromatic rings. The van der Waals surface area contributed by atoms with Gasteiger partial charge in [-0.1, -0.05) is 23.8 Å². The number of nitrogens with one attached hydrogen (secondary N) is 3. The first kappa shape index (κ1) is 17.5. The molecule has 0 spiro atoms. The lowest BCUT2D eigenvalue weighted by atomic mass is 10.1. The third kappa shape index (κ3) is 4.13. The Labute approximate surface area is 142 Å². The van der Waals surface area contributed by atoms with Crippen LogP contribution in [0.1, 0.15) is 27.0 Å². The van der Waals surface area contributed by atoms with Crippen LogP contribution in [0.3, 0.4) is 0 Å². The highest BCUT2D eigenvalue weighted by molar-refractivity contribution is 5.98. The van der Waals surface area contributed by atoms with Gasteiger partial charge in [0, 0.05) is 24.0 Å². The van der Waals surface area contributed by atoms with Crippen LogP contribution in [-0.4, -0.2) is 25.4 Å². The Kier molecular flexibility index (Phi) is 5.58. The maximum atomic E-state index is 12.2. The zero-order chi connectivity index (χ0) is 17.7. The van der Waals surface area contributed by atoms with Crippen LogP contribution in [0.15, 0.2) is 36.4 Å². The van der Waals surface area contributed by atoms with E-state index in [1.165, 1.54) is 0 Å². The Morgan fingerprint density at radius 3 is 2.42 bits per heavy atom. The molecule has 0 fully saturated rings. The lowest BCUT2D eigenvalue weighted by Crippen LogP contribution is -2.23. The predicted molar refractivity (Wildman–Crippen MR) is 97.6 cm³/mol. The minimum absolute atomic E-state index is 0.130. The molecule has 0 aromatic heterocycles. The highest BCUT2D eigenvalue weighted by Crippen LogP contribution is 2.19. The van der Waals surface area contributed by atoms with E-state index in [0.29, 0.717) is 5.56 Å². The average Bonchev–Trinajstić information content (AvgIpc) is 2.56. The number of amides is 2. The molecule has 0 saturated heterocycles. The molecule has 3 N–H and O–H groups in total. The molecule has 2 aromatic carbocycles. The SMILES string of the molecule is CNC(=O)c1cccc(NCC(=O)Nc2ccc(C)cc2C)c1C. The molecule has 0 saturated carbocycles. The van der Waals surface area contributed by atoms with E-state index >= 15 is 0 Å². The summed E-state index contributed by atoms with van der Waals surface area (Å²) >= 11 is 0. The zero-order valence-electron chi connectivity index (χ0n) is 14.5. The fourth-order valence-corrected chi connectivity index (χ4v) is 2.53. The van der Waals surface area contributed by atoms with Gasteiger partial charge in [0.2, 0.25) is 5.91 Å². The number of aryl methyl sites for hydroxylation is 2. The van der Waals surface area contributed by atoms with Gasteiger partial charge in [-0.05, 0) is 50.1 Å². The second-order valence-corrected chi connectivity index (χ2v) is 5.78. The molecule has 24 heavy (non-hydrogen) atoms. The Bertz CT molecular complexity index is 769. The summed E-state index contributed by atoms with van der Waals surface area (Å²) in [5.74, 6) is -0.275. The highest BCUT2D eigenvalue weighted by atomic mass is 16.2. The van der Waals surface area contributed by atoms with Crippen molar-refractivity contribution >= 4 is 23.2 Å². The number of anilines is 2. The van der Waals surface area contributed by atoms with Crippen LogP contribution in [0.4, 0.5) is 11.4 Å². The molecular formula is C19H23N3O2. The van der Waals surface area contributed by atoms with Crippen LogP contribution in [0.25, 0.3) is 0 Å². The van der Waals surface area contributed by atoms with Crippen LogP contribution >= 0.6 is 0 Å². The third-order valence-electron chi connectivity index (χ3n) is 3.90. The van der Waals surface area contributed by atoms with Gasteiger partial charge in [-0.25, -0.2) is 0 Å². The van der Waals surface area contributed by atoms with Gasteiger partial charge in [-0.15, -0.1) is 0 Å². The van der Waals surface area contributed by atoms with Crippen LogP contribution in [0.2, 0.25) is 0 Å². The van der Waals surface area contributed by atoms with Crippen molar-refractivity contribution in [3.8, 4) is 0 Å². The van der Waals surface area contributed by atoms with E-state index in [2.05, 4.69) is 16.0 Å². The minimum atomic E-state index is -0.143. The summed E-state index contributed by atoms with van der Waals surface area (Å²) in [5, 5.41) is 8.60. The topological polar surface area (TPSA) is 70.2 Å². The Hall–Kier alpha value is -2.82. The van der Waals surface area contributed by atoms with Crippen molar-refractivity contribution in [3.63, 3.8) is 0 Å². The van der Waals surface area contributed by atoms with Gasteiger partial charge in [0.15, 0.2) is 0 Å². The van der Waals surface area contributed by atoms with Crippen LogP contribution in [0, 0.1) is 20.8 Å². The van der Waals surface area contributed by atoms with Crippen LogP contribution in [-0.2, 0) is 4.79 Å². The summed E-state index contributed by atoms with van der Waals surface area (Å²) in [4.78, 5) is 24.0. The maximum absolute atomic E-state index is 12.2. The van der Waals surface area contributed by atoms with E-state index in [9.17, 15) is 9.59 Å². The monoisotopic (exact) mass is 325 g/mol. The Morgan fingerprint density at radius 2 is 1.75 bits per heavy atom. The van der Waals surface area contributed by atoms with Crippen molar-refractivity contribution in [2.24, 2.45) is 0 Å². The lowest BCUT2D eigenvalue weighted by Gasteiger charge is -2.13. The summed E-state index contributed by atoms with van der Waals surface area (Å²) in [6, 6.07) is 11.3. The minimum Gasteiger partial charge on any atom is -0.376 e. The summed E-state index contributed by atoms with van der Waals surface area (Å²) < 4.78 is 0. The summed E-state index contributed by atoms with van der Waals surface area (Å²) in [7, 11) is 1.60. The molecule has 0 unspecified atom stereocenters. The van der Waals surface area contributed by atoms with Crippen molar-refractivity contribution in [2.45, 2.75) is 20.8 Å². The van der Waals surface area contributed by atoms with Gasteiger partial charge in [-0.2, -0.15) is 0 Å². The smallest absolute Gasteiger partial charge is 0.251 e. The molecule has 0 aliphatic rings. The molecule has 0 radical (unpaired) electrons. The fraction of sp³-hybridized carbons (Fsp3) is 0.263. The lowest BCUT2D eigenvalue weighted by molar-refractivity contribution is -0.114. The third-order valence-corrected chi connectivity index (χ3v) is 3.90. The van der Waals surface area contributed by atoms with Crippen molar-refractivity contribution in [2.75, 3.05) is 24.2 Å². The van der Waals surface area contributed by atoms with Crippen LogP contribution in [0.5, 0.6) is 0 Å². The van der Waals surface area contributed by atoms with E-state index in [-0.39, 0.29) is 18.4 Å². The molecule has 0 heterocycles. The van der Waals surface area contributed by atoms with Crippen LogP contribution < -0.4 is 16.0 Å². The van der Waals surface area contributed by atoms with E-state index in [1.807, 2.05) is 45.0 Å². The number of benzene rings is 2. The predicted octanol–water partition coefficient (Wildman–Crippen LogP) is 3.02. The van der Waals surface area contributed by atoms with Crippen molar-refractivity contribution < 1.29 is 9.59 Å². The number of hydrogen-bond donors (Lipinski definition) is 3. The first-order chi connectivity index (χ1) is 11.4. The molecule has 126 valence electrons. The normalized spacial score (nSPS) is 10.2. The molecule has 5 nitrogen and oxygen atoms in total. The second kappa shape index (κ2) is 7.64. The summed E-state index contributed by atoms with van der Waals surface area (Å²) in [6.07, 6.45) is 0. The standard InChI is InChI=1S/C19H23N3O2/c1-12-8-9-16(13(2)10-12)22-18(23)11-21-17-7-5-6-15(14(17)3)19(24)20-4/h5-10,21H,11H2,1-4H3,(H,20,24)(H,22,23). The van der Waals surface area contributed by atoms with Gasteiger partial charge in [0.1, 0.15) is 0 Å². The van der Waals surface area contributed by atoms with Gasteiger partial charge < -0.3 is 16.0 Å². The van der Waals surface area contributed by atoms with E-state index in [1.54, 1.807) is 19.2 Å². The van der Waals surface area contributed by atoms with Crippen molar-refractivity contribution in [1.29, 1.82) is 0 Å². The van der Waals surface area contributed by atoms with Gasteiger partial charge in [0.05, 0.1) is 6.54 Å². The Balaban J connectivity index is 2.03.